The summed E-state index contributed by atoms with van der Waals surface area (Å²) < 4.78 is 24.4. The Balaban J connectivity index is 1.58. The number of rotatable bonds is 5. The molecule has 2 aliphatic rings. The fraction of sp³-hybridized carbons (Fsp3) is 0.929. The van der Waals surface area contributed by atoms with E-state index in [1.165, 1.54) is 29.8 Å². The maximum absolute atomic E-state index is 11.8. The second kappa shape index (κ2) is 8.12. The molecule has 0 atom stereocenters. The molecule has 8 heteroatoms. The summed E-state index contributed by atoms with van der Waals surface area (Å²) in [6.07, 6.45) is 7.10. The minimum absolute atomic E-state index is 0.0818. The number of piperazine rings is 1. The molecule has 0 unspecified atom stereocenters. The van der Waals surface area contributed by atoms with Crippen LogP contribution in [0.15, 0.2) is 0 Å². The van der Waals surface area contributed by atoms with Gasteiger partial charge in [-0.05, 0) is 12.8 Å². The van der Waals surface area contributed by atoms with Crippen molar-refractivity contribution in [3.8, 4) is 0 Å². The minimum atomic E-state index is -3.07. The van der Waals surface area contributed by atoms with E-state index in [0.29, 0.717) is 25.7 Å². The summed E-state index contributed by atoms with van der Waals surface area (Å²) in [5, 5.41) is 5.92. The van der Waals surface area contributed by atoms with E-state index in [9.17, 15) is 13.2 Å². The van der Waals surface area contributed by atoms with Gasteiger partial charge in [-0.1, -0.05) is 19.3 Å². The van der Waals surface area contributed by atoms with Crippen molar-refractivity contribution in [3.63, 3.8) is 0 Å². The smallest absolute Gasteiger partial charge is 0.315 e. The van der Waals surface area contributed by atoms with Gasteiger partial charge in [-0.25, -0.2) is 13.2 Å². The molecule has 0 spiro atoms. The van der Waals surface area contributed by atoms with E-state index in [1.807, 2.05) is 0 Å². The third-order valence-electron chi connectivity index (χ3n) is 4.45. The van der Waals surface area contributed by atoms with Crippen LogP contribution in [0.25, 0.3) is 0 Å². The Morgan fingerprint density at radius 2 is 1.73 bits per heavy atom. The summed E-state index contributed by atoms with van der Waals surface area (Å²) >= 11 is 0. The maximum Gasteiger partial charge on any atom is 0.315 e. The normalized spacial score (nSPS) is 22.4. The molecule has 0 bridgehead atoms. The first-order valence-electron chi connectivity index (χ1n) is 8.17. The molecule has 1 aliphatic carbocycles. The molecule has 0 aromatic rings. The molecule has 1 heterocycles. The van der Waals surface area contributed by atoms with Gasteiger partial charge in [0.1, 0.15) is 0 Å². The largest absolute Gasteiger partial charge is 0.337 e. The summed E-state index contributed by atoms with van der Waals surface area (Å²) in [7, 11) is -3.07. The predicted molar refractivity (Wildman–Crippen MR) is 86.3 cm³/mol. The topological polar surface area (TPSA) is 81.8 Å². The molecule has 1 aliphatic heterocycles. The Hall–Kier alpha value is -0.860. The summed E-state index contributed by atoms with van der Waals surface area (Å²) in [6.45, 7) is 3.87. The fourth-order valence-electron chi connectivity index (χ4n) is 3.10. The Morgan fingerprint density at radius 3 is 2.32 bits per heavy atom. The van der Waals surface area contributed by atoms with Crippen molar-refractivity contribution in [2.75, 3.05) is 45.5 Å². The second-order valence-electron chi connectivity index (χ2n) is 6.24. The van der Waals surface area contributed by atoms with Crippen molar-refractivity contribution < 1.29 is 13.2 Å². The van der Waals surface area contributed by atoms with E-state index in [1.54, 1.807) is 0 Å². The summed E-state index contributed by atoms with van der Waals surface area (Å²) in [6, 6.07) is 0.244. The van der Waals surface area contributed by atoms with Gasteiger partial charge < -0.3 is 10.6 Å². The first-order valence-corrected chi connectivity index (χ1v) is 10.0. The van der Waals surface area contributed by atoms with Crippen LogP contribution in [0, 0.1) is 0 Å². The number of hydrogen-bond acceptors (Lipinski definition) is 4. The lowest BCUT2D eigenvalue weighted by molar-refractivity contribution is 0.188. The van der Waals surface area contributed by atoms with Crippen LogP contribution < -0.4 is 10.6 Å². The van der Waals surface area contributed by atoms with Crippen LogP contribution in [-0.2, 0) is 10.0 Å². The summed E-state index contributed by atoms with van der Waals surface area (Å²) in [5.74, 6) is 0. The predicted octanol–water partition coefficient (Wildman–Crippen LogP) is 0.196. The first-order chi connectivity index (χ1) is 10.4. The molecule has 22 heavy (non-hydrogen) atoms. The van der Waals surface area contributed by atoms with Gasteiger partial charge >= 0.3 is 6.03 Å². The lowest BCUT2D eigenvalue weighted by atomic mass is 9.96. The molecule has 0 radical (unpaired) electrons. The Morgan fingerprint density at radius 1 is 1.09 bits per heavy atom. The van der Waals surface area contributed by atoms with Gasteiger partial charge in [0.05, 0.1) is 6.26 Å². The Kier molecular flexibility index (Phi) is 6.46. The highest BCUT2D eigenvalue weighted by Crippen LogP contribution is 2.17. The molecule has 1 saturated heterocycles. The molecule has 2 N–H and O–H groups in total. The number of sulfonamides is 1. The average Bonchev–Trinajstić information content (AvgIpc) is 2.48. The third kappa shape index (κ3) is 5.73. The lowest BCUT2D eigenvalue weighted by Gasteiger charge is -2.33. The minimum Gasteiger partial charge on any atom is -0.337 e. The number of nitrogens with zero attached hydrogens (tertiary/aromatic N) is 2. The van der Waals surface area contributed by atoms with Gasteiger partial charge in [-0.2, -0.15) is 4.31 Å². The molecular formula is C14H28N4O3S. The van der Waals surface area contributed by atoms with E-state index in [-0.39, 0.29) is 6.03 Å². The van der Waals surface area contributed by atoms with Gasteiger partial charge in [0.15, 0.2) is 0 Å². The number of hydrogen-bond donors (Lipinski definition) is 2. The van der Waals surface area contributed by atoms with Crippen LogP contribution in [0.1, 0.15) is 32.1 Å². The van der Waals surface area contributed by atoms with Crippen molar-refractivity contribution in [1.29, 1.82) is 0 Å². The lowest BCUT2D eigenvalue weighted by Crippen LogP contribution is -2.51. The van der Waals surface area contributed by atoms with Gasteiger partial charge in [0.2, 0.25) is 10.0 Å². The number of carbonyl (C=O) groups is 1. The second-order valence-corrected chi connectivity index (χ2v) is 8.22. The van der Waals surface area contributed by atoms with Crippen molar-refractivity contribution in [2.24, 2.45) is 0 Å². The van der Waals surface area contributed by atoms with Gasteiger partial charge in [-0.15, -0.1) is 0 Å². The van der Waals surface area contributed by atoms with E-state index < -0.39 is 10.0 Å². The highest BCUT2D eigenvalue weighted by Gasteiger charge is 2.23. The van der Waals surface area contributed by atoms with E-state index >= 15 is 0 Å². The van der Waals surface area contributed by atoms with Crippen molar-refractivity contribution in [1.82, 2.24) is 19.8 Å². The monoisotopic (exact) mass is 332 g/mol. The van der Waals surface area contributed by atoms with E-state index in [2.05, 4.69) is 15.5 Å². The molecule has 0 aromatic carbocycles. The van der Waals surface area contributed by atoms with E-state index in [0.717, 1.165) is 32.5 Å². The molecule has 1 saturated carbocycles. The van der Waals surface area contributed by atoms with Crippen LogP contribution in [0.2, 0.25) is 0 Å². The van der Waals surface area contributed by atoms with E-state index in [4.69, 9.17) is 0 Å². The van der Waals surface area contributed by atoms with Crippen LogP contribution in [0.3, 0.4) is 0 Å². The molecule has 128 valence electrons. The highest BCUT2D eigenvalue weighted by atomic mass is 32.2. The standard InChI is InChI=1S/C14H28N4O3S/c1-22(20,21)18-11-9-17(10-12-18)8-7-15-14(19)16-13-5-3-2-4-6-13/h13H,2-12H2,1H3,(H2,15,16,19). The van der Waals surface area contributed by atoms with Crippen LogP contribution in [0.4, 0.5) is 4.79 Å². The third-order valence-corrected chi connectivity index (χ3v) is 5.76. The Bertz CT molecular complexity index is 455. The molecule has 7 nitrogen and oxygen atoms in total. The van der Waals surface area contributed by atoms with Gasteiger partial charge in [-0.3, -0.25) is 4.90 Å². The zero-order valence-electron chi connectivity index (χ0n) is 13.4. The summed E-state index contributed by atoms with van der Waals surface area (Å²) in [4.78, 5) is 14.0. The zero-order chi connectivity index (χ0) is 16.0. The quantitative estimate of drug-likeness (QED) is 0.753. The highest BCUT2D eigenvalue weighted by molar-refractivity contribution is 7.88. The SMILES string of the molecule is CS(=O)(=O)N1CCN(CCNC(=O)NC2CCCCC2)CC1. The molecule has 0 aromatic heterocycles. The Labute approximate surface area is 133 Å². The van der Waals surface area contributed by atoms with Crippen molar-refractivity contribution in [3.05, 3.63) is 0 Å². The van der Waals surface area contributed by atoms with Crippen LogP contribution in [0.5, 0.6) is 0 Å². The number of carbonyl (C=O) groups excluding carboxylic acids is 1. The van der Waals surface area contributed by atoms with Crippen LogP contribution in [-0.4, -0.2) is 75.2 Å². The van der Waals surface area contributed by atoms with Gasteiger partial charge in [0, 0.05) is 45.3 Å². The van der Waals surface area contributed by atoms with Crippen molar-refractivity contribution >= 4 is 16.1 Å². The first kappa shape index (κ1) is 17.5. The zero-order valence-corrected chi connectivity index (χ0v) is 14.2. The average molecular weight is 332 g/mol. The fourth-order valence-corrected chi connectivity index (χ4v) is 3.92. The molecule has 2 amide bonds. The molecule has 2 fully saturated rings. The maximum atomic E-state index is 11.8. The molecular weight excluding hydrogens is 304 g/mol. The number of nitrogens with one attached hydrogen (secondary N) is 2. The number of amides is 2. The molecule has 2 rings (SSSR count). The van der Waals surface area contributed by atoms with Crippen LogP contribution >= 0.6 is 0 Å². The van der Waals surface area contributed by atoms with Gasteiger partial charge in [0.25, 0.3) is 0 Å². The summed E-state index contributed by atoms with van der Waals surface area (Å²) in [5.41, 5.74) is 0. The van der Waals surface area contributed by atoms with Crippen molar-refractivity contribution in [2.45, 2.75) is 38.1 Å². The number of urea groups is 1.